The Hall–Kier alpha value is -1.59. The van der Waals surface area contributed by atoms with Gasteiger partial charge in [-0.15, -0.1) is 11.3 Å². The summed E-state index contributed by atoms with van der Waals surface area (Å²) in [5.74, 6) is -2.02. The van der Waals surface area contributed by atoms with E-state index >= 15 is 0 Å². The first-order valence-corrected chi connectivity index (χ1v) is 13.2. The summed E-state index contributed by atoms with van der Waals surface area (Å²) in [6, 6.07) is 6.86. The molecule has 2 aliphatic rings. The second-order valence-corrected chi connectivity index (χ2v) is 11.9. The summed E-state index contributed by atoms with van der Waals surface area (Å²) in [4.78, 5) is 7.18. The summed E-state index contributed by atoms with van der Waals surface area (Å²) in [6.45, 7) is 8.49. The molecule has 0 aromatic carbocycles. The third kappa shape index (κ3) is 4.82. The van der Waals surface area contributed by atoms with Crippen LogP contribution >= 0.6 is 11.3 Å². The number of thiophene rings is 1. The molecular weight excluding hydrogens is 494 g/mol. The Morgan fingerprint density at radius 2 is 1.94 bits per heavy atom. The van der Waals surface area contributed by atoms with Crippen LogP contribution in [0.3, 0.4) is 0 Å². The van der Waals surface area contributed by atoms with Crippen molar-refractivity contribution in [1.82, 2.24) is 15.2 Å². The summed E-state index contributed by atoms with van der Waals surface area (Å²) in [6.07, 6.45) is -2.05. The first-order chi connectivity index (χ1) is 16.8. The lowest BCUT2D eigenvalue weighted by atomic mass is 9.59. The van der Waals surface area contributed by atoms with Gasteiger partial charge >= 0.3 is 6.18 Å². The number of hydrogen-bond acceptors (Lipinski definition) is 6. The number of aryl methyl sites for hydroxylation is 2. The number of likely N-dealkylation sites (tertiary alicyclic amines) is 1. The number of halogens is 4. The predicted molar refractivity (Wildman–Crippen MR) is 131 cm³/mol. The molecule has 0 bridgehead atoms. The van der Waals surface area contributed by atoms with Crippen LogP contribution in [0.25, 0.3) is 0 Å². The molecule has 0 radical (unpaired) electrons. The molecule has 2 aromatic heterocycles. The van der Waals surface area contributed by atoms with Crippen LogP contribution in [0, 0.1) is 17.5 Å². The lowest BCUT2D eigenvalue weighted by Gasteiger charge is -2.62. The number of ether oxygens (including phenoxy) is 1. The molecule has 2 fully saturated rings. The molecule has 3 unspecified atom stereocenters. The summed E-state index contributed by atoms with van der Waals surface area (Å²) >= 11 is 0.965. The zero-order valence-corrected chi connectivity index (χ0v) is 22.0. The Morgan fingerprint density at radius 1 is 1.22 bits per heavy atom. The number of aromatic nitrogens is 1. The largest absolute Gasteiger partial charge is 0.407 e. The van der Waals surface area contributed by atoms with Gasteiger partial charge in [0.15, 0.2) is 5.13 Å². The Kier molecular flexibility index (Phi) is 7.33. The van der Waals surface area contributed by atoms with Crippen molar-refractivity contribution in [3.8, 4) is 0 Å². The summed E-state index contributed by atoms with van der Waals surface area (Å²) in [5, 5.41) is 12.9. The number of aliphatic hydroxyl groups is 1. The van der Waals surface area contributed by atoms with E-state index in [1.54, 1.807) is 12.3 Å². The van der Waals surface area contributed by atoms with Gasteiger partial charge in [0.05, 0.1) is 6.61 Å². The minimum absolute atomic E-state index is 0.151. The summed E-state index contributed by atoms with van der Waals surface area (Å²) in [5.41, 5.74) is -2.33. The van der Waals surface area contributed by atoms with Crippen molar-refractivity contribution >= 4 is 11.3 Å². The second kappa shape index (κ2) is 9.62. The van der Waals surface area contributed by atoms with Crippen LogP contribution in [-0.4, -0.2) is 52.3 Å². The van der Waals surface area contributed by atoms with E-state index in [-0.39, 0.29) is 31.1 Å². The zero-order chi connectivity index (χ0) is 26.4. The van der Waals surface area contributed by atoms with Crippen LogP contribution in [0.5, 0.6) is 0 Å². The van der Waals surface area contributed by atoms with Crippen LogP contribution in [0.1, 0.15) is 62.6 Å². The zero-order valence-electron chi connectivity index (χ0n) is 21.2. The number of pyridine rings is 1. The van der Waals surface area contributed by atoms with E-state index in [9.17, 15) is 22.7 Å². The highest BCUT2D eigenvalue weighted by molar-refractivity contribution is 7.10. The molecule has 2 aromatic rings. The molecule has 2 saturated heterocycles. The van der Waals surface area contributed by atoms with Crippen LogP contribution in [0.2, 0.25) is 0 Å². The van der Waals surface area contributed by atoms with Crippen molar-refractivity contribution in [1.29, 1.82) is 0 Å². The fourth-order valence-corrected chi connectivity index (χ4v) is 6.53. The average molecular weight is 530 g/mol. The van der Waals surface area contributed by atoms with Gasteiger partial charge < -0.3 is 9.84 Å². The van der Waals surface area contributed by atoms with Gasteiger partial charge in [-0.3, -0.25) is 15.2 Å². The van der Waals surface area contributed by atoms with Crippen molar-refractivity contribution in [2.24, 2.45) is 5.41 Å². The van der Waals surface area contributed by atoms with Gasteiger partial charge in [0.2, 0.25) is 5.91 Å². The second-order valence-electron chi connectivity index (χ2n) is 10.7. The lowest BCUT2D eigenvalue weighted by molar-refractivity contribution is -0.379. The van der Waals surface area contributed by atoms with E-state index in [4.69, 9.17) is 4.74 Å². The Labute approximate surface area is 213 Å². The average Bonchev–Trinajstić information content (AvgIpc) is 3.41. The third-order valence-electron chi connectivity index (χ3n) is 8.09. The third-order valence-corrected chi connectivity index (χ3v) is 9.02. The Morgan fingerprint density at radius 3 is 2.50 bits per heavy atom. The first kappa shape index (κ1) is 27.4. The van der Waals surface area contributed by atoms with Gasteiger partial charge in [-0.1, -0.05) is 13.0 Å². The molecular formula is C26H35F4N3O2S. The van der Waals surface area contributed by atoms with E-state index in [2.05, 4.69) is 15.2 Å². The van der Waals surface area contributed by atoms with Crippen molar-refractivity contribution in [3.05, 3.63) is 51.7 Å². The molecule has 0 spiro atoms. The molecule has 0 aliphatic carbocycles. The number of hydrogen-bond donors (Lipinski definition) is 2. The van der Waals surface area contributed by atoms with Crippen LogP contribution in [0.4, 0.5) is 17.6 Å². The van der Waals surface area contributed by atoms with Crippen LogP contribution < -0.4 is 5.32 Å². The molecule has 200 valence electrons. The minimum Gasteiger partial charge on any atom is -0.353 e. The van der Waals surface area contributed by atoms with Gasteiger partial charge in [-0.05, 0) is 76.8 Å². The summed E-state index contributed by atoms with van der Waals surface area (Å²) in [7, 11) is 0. The highest BCUT2D eigenvalue weighted by atomic mass is 32.1. The molecule has 2 N–H and O–H groups in total. The Bertz CT molecular complexity index is 1050. The maximum Gasteiger partial charge on any atom is 0.407 e. The van der Waals surface area contributed by atoms with Crippen LogP contribution in [0.15, 0.2) is 30.5 Å². The first-order valence-electron chi connectivity index (χ1n) is 12.4. The van der Waals surface area contributed by atoms with Crippen LogP contribution in [-0.2, 0) is 16.7 Å². The molecule has 0 saturated carbocycles. The van der Waals surface area contributed by atoms with Crippen molar-refractivity contribution < 1.29 is 27.4 Å². The number of alkyl halides is 3. The highest BCUT2D eigenvalue weighted by Crippen LogP contribution is 2.60. The normalized spacial score (nSPS) is 29.5. The molecule has 3 atom stereocenters. The monoisotopic (exact) mass is 529 g/mol. The minimum atomic E-state index is -4.62. The van der Waals surface area contributed by atoms with E-state index < -0.39 is 35.0 Å². The maximum absolute atomic E-state index is 14.9. The number of nitrogens with zero attached hydrogens (tertiary/aromatic N) is 2. The van der Waals surface area contributed by atoms with Gasteiger partial charge in [0, 0.05) is 40.7 Å². The van der Waals surface area contributed by atoms with Gasteiger partial charge in [-0.2, -0.15) is 17.6 Å². The van der Waals surface area contributed by atoms with E-state index in [1.807, 2.05) is 39.8 Å². The molecule has 5 nitrogen and oxygen atoms in total. The van der Waals surface area contributed by atoms with E-state index in [0.29, 0.717) is 24.3 Å². The molecule has 36 heavy (non-hydrogen) atoms. The smallest absolute Gasteiger partial charge is 0.353 e. The fraction of sp³-hybridized carbons (Fsp3) is 0.654. The fourth-order valence-electron chi connectivity index (χ4n) is 5.80. The number of rotatable bonds is 9. The molecule has 4 rings (SSSR count). The quantitative estimate of drug-likeness (QED) is 0.331. The van der Waals surface area contributed by atoms with Crippen molar-refractivity contribution in [3.63, 3.8) is 0 Å². The van der Waals surface area contributed by atoms with Crippen molar-refractivity contribution in [2.45, 2.75) is 83.0 Å². The Balaban J connectivity index is 1.68. The summed E-state index contributed by atoms with van der Waals surface area (Å²) < 4.78 is 63.8. The number of nitrogens with one attached hydrogen (secondary N) is 1. The molecule has 10 heteroatoms. The van der Waals surface area contributed by atoms with Gasteiger partial charge in [0.1, 0.15) is 5.54 Å². The molecule has 0 amide bonds. The van der Waals surface area contributed by atoms with Crippen molar-refractivity contribution in [2.75, 3.05) is 19.7 Å². The lowest BCUT2D eigenvalue weighted by Crippen LogP contribution is -2.84. The van der Waals surface area contributed by atoms with Gasteiger partial charge in [0.25, 0.3) is 0 Å². The van der Waals surface area contributed by atoms with E-state index in [0.717, 1.165) is 22.6 Å². The molecule has 4 heterocycles. The van der Waals surface area contributed by atoms with Gasteiger partial charge in [-0.25, -0.2) is 0 Å². The topological polar surface area (TPSA) is 57.6 Å². The standard InChI is InChI=1S/C26H35F4N3O2S/c1-5-14-35-25(34)16-24(32-25,26(28,29)30)23(11-10-20-8-9-21(27)36-20)12-13-33(17-23)22(3,4)19-7-6-18(2)31-15-19/h6-9,15,32,34H,5,10-14,16-17H2,1-4H3. The maximum atomic E-state index is 14.9. The highest BCUT2D eigenvalue weighted by Gasteiger charge is 2.77. The van der Waals surface area contributed by atoms with E-state index in [1.165, 1.54) is 6.07 Å². The molecule has 2 aliphatic heterocycles. The predicted octanol–water partition coefficient (Wildman–Crippen LogP) is 5.52. The SMILES string of the molecule is CCCOC1(O)CC(C(F)(F)F)(C2(CCc3ccc(F)s3)CCN(C(C)(C)c3ccc(C)nc3)C2)N1.